The number of aromatic hydroxyl groups is 1. The molecule has 1 aromatic carbocycles. The molecule has 0 aliphatic carbocycles. The van der Waals surface area contributed by atoms with Crippen LogP contribution in [0.1, 0.15) is 35.7 Å². The van der Waals surface area contributed by atoms with Gasteiger partial charge in [-0.15, -0.1) is 0 Å². The predicted octanol–water partition coefficient (Wildman–Crippen LogP) is 2.01. The molecule has 3 rings (SSSR count). The Morgan fingerprint density at radius 1 is 1.35 bits per heavy atom. The number of phenols is 1. The van der Waals surface area contributed by atoms with E-state index in [1.54, 1.807) is 19.1 Å². The van der Waals surface area contributed by atoms with Gasteiger partial charge in [0.1, 0.15) is 5.75 Å². The first-order valence-corrected chi connectivity index (χ1v) is 7.41. The third-order valence-electron chi connectivity index (χ3n) is 4.73. The fourth-order valence-corrected chi connectivity index (χ4v) is 3.48. The van der Waals surface area contributed by atoms with Gasteiger partial charge in [0, 0.05) is 36.3 Å². The first kappa shape index (κ1) is 13.4. The van der Waals surface area contributed by atoms with Gasteiger partial charge < -0.3 is 10.0 Å². The lowest BCUT2D eigenvalue weighted by Gasteiger charge is -2.42. The second kappa shape index (κ2) is 5.09. The van der Waals surface area contributed by atoms with E-state index >= 15 is 0 Å². The van der Waals surface area contributed by atoms with E-state index in [0.717, 1.165) is 13.1 Å². The van der Waals surface area contributed by atoms with E-state index in [1.807, 2.05) is 11.0 Å². The Morgan fingerprint density at radius 3 is 2.95 bits per heavy atom. The molecule has 20 heavy (non-hydrogen) atoms. The predicted molar refractivity (Wildman–Crippen MR) is 77.9 cm³/mol. The molecule has 4 heteroatoms. The highest BCUT2D eigenvalue weighted by Gasteiger charge is 2.37. The highest BCUT2D eigenvalue weighted by molar-refractivity contribution is 5.96. The molecule has 2 aliphatic heterocycles. The average molecular weight is 274 g/mol. The Kier molecular flexibility index (Phi) is 3.42. The first-order chi connectivity index (χ1) is 9.58. The Bertz CT molecular complexity index is 529. The number of carbonyl (C=O) groups excluding carboxylic acids is 1. The Balaban J connectivity index is 1.84. The normalized spacial score (nSPS) is 26.6. The van der Waals surface area contributed by atoms with E-state index in [-0.39, 0.29) is 17.7 Å². The van der Waals surface area contributed by atoms with Crippen LogP contribution >= 0.6 is 0 Å². The molecule has 0 spiro atoms. The van der Waals surface area contributed by atoms with Gasteiger partial charge in [-0.25, -0.2) is 0 Å². The first-order valence-electron chi connectivity index (χ1n) is 7.41. The number of rotatable bonds is 1. The molecule has 1 N–H and O–H groups in total. The molecule has 1 aromatic rings. The minimum Gasteiger partial charge on any atom is -0.508 e. The maximum atomic E-state index is 12.8. The number of hydrogen-bond donors (Lipinski definition) is 1. The SMILES string of the molecule is Cc1c(O)cccc1C(=O)N1CC2CCCN2CC1C. The van der Waals surface area contributed by atoms with E-state index in [1.165, 1.54) is 19.4 Å². The number of carbonyl (C=O) groups is 1. The van der Waals surface area contributed by atoms with Crippen molar-refractivity contribution >= 4 is 5.91 Å². The van der Waals surface area contributed by atoms with Gasteiger partial charge in [-0.2, -0.15) is 0 Å². The van der Waals surface area contributed by atoms with E-state index < -0.39 is 0 Å². The minimum absolute atomic E-state index is 0.0532. The molecule has 4 nitrogen and oxygen atoms in total. The number of fused-ring (bicyclic) bond motifs is 1. The van der Waals surface area contributed by atoms with Gasteiger partial charge in [0.15, 0.2) is 0 Å². The largest absolute Gasteiger partial charge is 0.508 e. The van der Waals surface area contributed by atoms with Crippen molar-refractivity contribution in [3.8, 4) is 5.75 Å². The topological polar surface area (TPSA) is 43.8 Å². The molecule has 1 amide bonds. The molecule has 2 unspecified atom stereocenters. The number of piperazine rings is 1. The maximum Gasteiger partial charge on any atom is 0.254 e. The van der Waals surface area contributed by atoms with Gasteiger partial charge in [-0.3, -0.25) is 9.69 Å². The van der Waals surface area contributed by atoms with Crippen LogP contribution in [0.25, 0.3) is 0 Å². The third-order valence-corrected chi connectivity index (χ3v) is 4.73. The van der Waals surface area contributed by atoms with Crippen LogP contribution in [0.15, 0.2) is 18.2 Å². The zero-order chi connectivity index (χ0) is 14.3. The number of nitrogens with zero attached hydrogens (tertiary/aromatic N) is 2. The number of hydrogen-bond acceptors (Lipinski definition) is 3. The average Bonchev–Trinajstić information content (AvgIpc) is 2.87. The molecule has 0 bridgehead atoms. The summed E-state index contributed by atoms with van der Waals surface area (Å²) >= 11 is 0. The maximum absolute atomic E-state index is 12.8. The molecular weight excluding hydrogens is 252 g/mol. The smallest absolute Gasteiger partial charge is 0.254 e. The van der Waals surface area contributed by atoms with Crippen LogP contribution in [0.2, 0.25) is 0 Å². The molecular formula is C16H22N2O2. The highest BCUT2D eigenvalue weighted by atomic mass is 16.3. The van der Waals surface area contributed by atoms with Crippen molar-refractivity contribution < 1.29 is 9.90 Å². The van der Waals surface area contributed by atoms with Crippen molar-refractivity contribution in [1.82, 2.24) is 9.80 Å². The fourth-order valence-electron chi connectivity index (χ4n) is 3.48. The summed E-state index contributed by atoms with van der Waals surface area (Å²) in [6, 6.07) is 5.94. The molecule has 2 fully saturated rings. The van der Waals surface area contributed by atoms with Crippen LogP contribution in [-0.4, -0.2) is 52.5 Å². The van der Waals surface area contributed by atoms with Gasteiger partial charge in [-0.1, -0.05) is 6.07 Å². The van der Waals surface area contributed by atoms with Crippen LogP contribution in [-0.2, 0) is 0 Å². The summed E-state index contributed by atoms with van der Waals surface area (Å²) in [5.74, 6) is 0.250. The van der Waals surface area contributed by atoms with Crippen molar-refractivity contribution in [3.63, 3.8) is 0 Å². The van der Waals surface area contributed by atoms with Crippen LogP contribution in [0.3, 0.4) is 0 Å². The van der Waals surface area contributed by atoms with Gasteiger partial charge in [0.25, 0.3) is 5.91 Å². The molecule has 2 saturated heterocycles. The van der Waals surface area contributed by atoms with Crippen LogP contribution in [0.4, 0.5) is 0 Å². The van der Waals surface area contributed by atoms with Crippen molar-refractivity contribution in [3.05, 3.63) is 29.3 Å². The van der Waals surface area contributed by atoms with Gasteiger partial charge in [-0.05, 0) is 45.4 Å². The summed E-state index contributed by atoms with van der Waals surface area (Å²) in [5.41, 5.74) is 1.31. The van der Waals surface area contributed by atoms with Gasteiger partial charge in [0.2, 0.25) is 0 Å². The Hall–Kier alpha value is -1.55. The summed E-state index contributed by atoms with van der Waals surface area (Å²) in [6.45, 7) is 6.87. The van der Waals surface area contributed by atoms with Crippen LogP contribution < -0.4 is 0 Å². The number of phenolic OH excluding ortho intramolecular Hbond substituents is 1. The molecule has 0 radical (unpaired) electrons. The van der Waals surface area contributed by atoms with E-state index in [9.17, 15) is 9.90 Å². The van der Waals surface area contributed by atoms with E-state index in [0.29, 0.717) is 17.2 Å². The monoisotopic (exact) mass is 274 g/mol. The van der Waals surface area contributed by atoms with Crippen molar-refractivity contribution in [2.24, 2.45) is 0 Å². The van der Waals surface area contributed by atoms with Gasteiger partial charge in [0.05, 0.1) is 0 Å². The zero-order valence-electron chi connectivity index (χ0n) is 12.2. The Labute approximate surface area is 120 Å². The van der Waals surface area contributed by atoms with Gasteiger partial charge >= 0.3 is 0 Å². The summed E-state index contributed by atoms with van der Waals surface area (Å²) in [5, 5.41) is 9.78. The molecule has 2 heterocycles. The van der Waals surface area contributed by atoms with Crippen molar-refractivity contribution in [2.45, 2.75) is 38.8 Å². The number of benzene rings is 1. The third kappa shape index (κ3) is 2.18. The van der Waals surface area contributed by atoms with Crippen LogP contribution in [0.5, 0.6) is 5.75 Å². The minimum atomic E-state index is 0.0532. The molecule has 108 valence electrons. The summed E-state index contributed by atoms with van der Waals surface area (Å²) in [7, 11) is 0. The Morgan fingerprint density at radius 2 is 2.15 bits per heavy atom. The molecule has 2 aliphatic rings. The fraction of sp³-hybridized carbons (Fsp3) is 0.562. The molecule has 0 saturated carbocycles. The summed E-state index contributed by atoms with van der Waals surface area (Å²) in [4.78, 5) is 17.3. The standard InChI is InChI=1S/C16H22N2O2/c1-11-9-17-8-4-5-13(17)10-18(11)16(20)14-6-3-7-15(19)12(14)2/h3,6-7,11,13,19H,4-5,8-10H2,1-2H3. The highest BCUT2D eigenvalue weighted by Crippen LogP contribution is 2.27. The zero-order valence-corrected chi connectivity index (χ0v) is 12.2. The lowest BCUT2D eigenvalue weighted by Crippen LogP contribution is -2.56. The summed E-state index contributed by atoms with van der Waals surface area (Å²) in [6.07, 6.45) is 2.43. The van der Waals surface area contributed by atoms with E-state index in [4.69, 9.17) is 0 Å². The quantitative estimate of drug-likeness (QED) is 0.852. The van der Waals surface area contributed by atoms with Crippen molar-refractivity contribution in [2.75, 3.05) is 19.6 Å². The van der Waals surface area contributed by atoms with E-state index in [2.05, 4.69) is 11.8 Å². The molecule has 2 atom stereocenters. The second-order valence-electron chi connectivity index (χ2n) is 6.05. The van der Waals surface area contributed by atoms with Crippen LogP contribution in [0, 0.1) is 6.92 Å². The summed E-state index contributed by atoms with van der Waals surface area (Å²) < 4.78 is 0. The second-order valence-corrected chi connectivity index (χ2v) is 6.05. The lowest BCUT2D eigenvalue weighted by molar-refractivity contribution is 0.0394. The molecule has 0 aromatic heterocycles. The lowest BCUT2D eigenvalue weighted by atomic mass is 10.0. The number of amides is 1. The van der Waals surface area contributed by atoms with Crippen molar-refractivity contribution in [1.29, 1.82) is 0 Å².